The average Bonchev–Trinajstić information content (AvgIpc) is 2.27. The van der Waals surface area contributed by atoms with E-state index in [0.717, 1.165) is 11.8 Å². The molecule has 1 aliphatic carbocycles. The van der Waals surface area contributed by atoms with Crippen LogP contribution in [0, 0.1) is 11.8 Å². The summed E-state index contributed by atoms with van der Waals surface area (Å²) >= 11 is 0. The highest BCUT2D eigenvalue weighted by molar-refractivity contribution is 4.84. The summed E-state index contributed by atoms with van der Waals surface area (Å²) in [5.74, 6) is 2.14. The summed E-state index contributed by atoms with van der Waals surface area (Å²) in [5.41, 5.74) is 0. The largest absolute Gasteiger partial charge is 0.306 e. The Kier molecular flexibility index (Phi) is 1.69. The van der Waals surface area contributed by atoms with Crippen molar-refractivity contribution in [1.29, 1.82) is 0 Å². The Bertz CT molecular complexity index is 108. The van der Waals surface area contributed by atoms with E-state index < -0.39 is 0 Å². The van der Waals surface area contributed by atoms with Gasteiger partial charge in [0, 0.05) is 13.1 Å². The Labute approximate surface area is 63.4 Å². The highest BCUT2D eigenvalue weighted by Gasteiger charge is 2.31. The molecule has 2 atom stereocenters. The van der Waals surface area contributed by atoms with Crippen molar-refractivity contribution >= 4 is 0 Å². The fourth-order valence-corrected chi connectivity index (χ4v) is 2.64. The van der Waals surface area contributed by atoms with Crippen LogP contribution in [-0.2, 0) is 0 Å². The fourth-order valence-electron chi connectivity index (χ4n) is 2.64. The van der Waals surface area contributed by atoms with Crippen LogP contribution in [0.4, 0.5) is 0 Å². The van der Waals surface area contributed by atoms with Gasteiger partial charge in [-0.05, 0) is 31.7 Å². The predicted molar refractivity (Wildman–Crippen MR) is 42.9 cm³/mol. The molecule has 2 rings (SSSR count). The van der Waals surface area contributed by atoms with Gasteiger partial charge < -0.3 is 4.90 Å². The van der Waals surface area contributed by atoms with Crippen molar-refractivity contribution in [1.82, 2.24) is 4.90 Å². The highest BCUT2D eigenvalue weighted by Crippen LogP contribution is 2.34. The summed E-state index contributed by atoms with van der Waals surface area (Å²) in [7, 11) is 2.26. The van der Waals surface area contributed by atoms with Gasteiger partial charge in [0.2, 0.25) is 0 Å². The molecule has 10 heavy (non-hydrogen) atoms. The van der Waals surface area contributed by atoms with Gasteiger partial charge in [-0.15, -0.1) is 0 Å². The van der Waals surface area contributed by atoms with Crippen LogP contribution in [0.3, 0.4) is 0 Å². The molecule has 0 spiro atoms. The lowest BCUT2D eigenvalue weighted by molar-refractivity contribution is 0.299. The molecule has 0 aromatic carbocycles. The van der Waals surface area contributed by atoms with Gasteiger partial charge in [-0.3, -0.25) is 0 Å². The summed E-state index contributed by atoms with van der Waals surface area (Å²) in [5, 5.41) is 0. The van der Waals surface area contributed by atoms with Gasteiger partial charge in [0.1, 0.15) is 0 Å². The van der Waals surface area contributed by atoms with E-state index in [2.05, 4.69) is 11.9 Å². The second kappa shape index (κ2) is 2.54. The number of hydrogen-bond acceptors (Lipinski definition) is 1. The first-order chi connectivity index (χ1) is 4.86. The van der Waals surface area contributed by atoms with E-state index in [0.29, 0.717) is 0 Å². The van der Waals surface area contributed by atoms with Crippen LogP contribution in [0.5, 0.6) is 0 Å². The SMILES string of the molecule is CN1CC2CCCCC2C1. The van der Waals surface area contributed by atoms with Crippen LogP contribution in [0.2, 0.25) is 0 Å². The molecule has 0 aromatic heterocycles. The van der Waals surface area contributed by atoms with Crippen LogP contribution < -0.4 is 0 Å². The van der Waals surface area contributed by atoms with Crippen LogP contribution in [0.25, 0.3) is 0 Å². The highest BCUT2D eigenvalue weighted by atomic mass is 15.1. The second-order valence-electron chi connectivity index (χ2n) is 4.03. The molecular formula is C9H17N. The zero-order valence-corrected chi connectivity index (χ0v) is 6.84. The molecule has 0 aromatic rings. The van der Waals surface area contributed by atoms with Crippen molar-refractivity contribution in [3.63, 3.8) is 0 Å². The van der Waals surface area contributed by atoms with Gasteiger partial charge in [-0.25, -0.2) is 0 Å². The first-order valence-corrected chi connectivity index (χ1v) is 4.55. The van der Waals surface area contributed by atoms with Gasteiger partial charge in [-0.1, -0.05) is 12.8 Å². The molecule has 1 nitrogen and oxygen atoms in total. The minimum Gasteiger partial charge on any atom is -0.306 e. The van der Waals surface area contributed by atoms with Crippen LogP contribution in [-0.4, -0.2) is 25.0 Å². The fraction of sp³-hybridized carbons (Fsp3) is 1.00. The van der Waals surface area contributed by atoms with E-state index in [1.807, 2.05) is 0 Å². The molecule has 1 aliphatic heterocycles. The molecular weight excluding hydrogens is 122 g/mol. The zero-order valence-electron chi connectivity index (χ0n) is 6.84. The third kappa shape index (κ3) is 1.07. The lowest BCUT2D eigenvalue weighted by Crippen LogP contribution is -2.16. The van der Waals surface area contributed by atoms with Gasteiger partial charge >= 0.3 is 0 Å². The zero-order chi connectivity index (χ0) is 6.97. The third-order valence-electron chi connectivity index (χ3n) is 3.16. The van der Waals surface area contributed by atoms with Crippen LogP contribution in [0.1, 0.15) is 25.7 Å². The molecule has 1 heterocycles. The molecule has 1 heteroatoms. The number of fused-ring (bicyclic) bond motifs is 1. The van der Waals surface area contributed by atoms with E-state index in [1.165, 1.54) is 38.8 Å². The number of rotatable bonds is 0. The van der Waals surface area contributed by atoms with E-state index in [4.69, 9.17) is 0 Å². The lowest BCUT2D eigenvalue weighted by Gasteiger charge is -2.23. The predicted octanol–water partition coefficient (Wildman–Crippen LogP) is 1.74. The molecule has 2 aliphatic rings. The van der Waals surface area contributed by atoms with Crippen molar-refractivity contribution in [3.05, 3.63) is 0 Å². The first kappa shape index (κ1) is 6.66. The molecule has 0 bridgehead atoms. The van der Waals surface area contributed by atoms with E-state index >= 15 is 0 Å². The second-order valence-corrected chi connectivity index (χ2v) is 4.03. The minimum atomic E-state index is 1.07. The Morgan fingerprint density at radius 1 is 1.00 bits per heavy atom. The number of nitrogens with zero attached hydrogens (tertiary/aromatic N) is 1. The number of likely N-dealkylation sites (tertiary alicyclic amines) is 1. The summed E-state index contributed by atoms with van der Waals surface area (Å²) in [4.78, 5) is 2.50. The Morgan fingerprint density at radius 2 is 1.50 bits per heavy atom. The molecule has 1 saturated carbocycles. The Hall–Kier alpha value is -0.0400. The molecule has 0 amide bonds. The maximum absolute atomic E-state index is 2.50. The summed E-state index contributed by atoms with van der Waals surface area (Å²) in [6.45, 7) is 2.76. The molecule has 2 unspecified atom stereocenters. The number of hydrogen-bond donors (Lipinski definition) is 0. The standard InChI is InChI=1S/C9H17N/c1-10-6-8-4-2-3-5-9(8)7-10/h8-9H,2-7H2,1H3. The van der Waals surface area contributed by atoms with Crippen molar-refractivity contribution in [2.45, 2.75) is 25.7 Å². The quantitative estimate of drug-likeness (QED) is 0.494. The van der Waals surface area contributed by atoms with E-state index in [-0.39, 0.29) is 0 Å². The van der Waals surface area contributed by atoms with Gasteiger partial charge in [0.25, 0.3) is 0 Å². The van der Waals surface area contributed by atoms with Crippen LogP contribution in [0.15, 0.2) is 0 Å². The molecule has 2 fully saturated rings. The minimum absolute atomic E-state index is 1.07. The third-order valence-corrected chi connectivity index (χ3v) is 3.16. The topological polar surface area (TPSA) is 3.24 Å². The molecule has 0 radical (unpaired) electrons. The molecule has 58 valence electrons. The van der Waals surface area contributed by atoms with Crippen molar-refractivity contribution in [2.24, 2.45) is 11.8 Å². The lowest BCUT2D eigenvalue weighted by atomic mass is 9.82. The van der Waals surface area contributed by atoms with E-state index in [1.54, 1.807) is 0 Å². The maximum Gasteiger partial charge on any atom is 0.000985 e. The Balaban J connectivity index is 1.97. The van der Waals surface area contributed by atoms with Crippen molar-refractivity contribution < 1.29 is 0 Å². The van der Waals surface area contributed by atoms with Crippen LogP contribution >= 0.6 is 0 Å². The molecule has 0 N–H and O–H groups in total. The first-order valence-electron chi connectivity index (χ1n) is 4.55. The monoisotopic (exact) mass is 139 g/mol. The van der Waals surface area contributed by atoms with Crippen molar-refractivity contribution in [2.75, 3.05) is 20.1 Å². The molecule has 1 saturated heterocycles. The van der Waals surface area contributed by atoms with Crippen molar-refractivity contribution in [3.8, 4) is 0 Å². The van der Waals surface area contributed by atoms with Gasteiger partial charge in [0.05, 0.1) is 0 Å². The van der Waals surface area contributed by atoms with Gasteiger partial charge in [0.15, 0.2) is 0 Å². The maximum atomic E-state index is 2.50. The summed E-state index contributed by atoms with van der Waals surface area (Å²) < 4.78 is 0. The smallest absolute Gasteiger partial charge is 0.000985 e. The summed E-state index contributed by atoms with van der Waals surface area (Å²) in [6.07, 6.45) is 6.01. The summed E-state index contributed by atoms with van der Waals surface area (Å²) in [6, 6.07) is 0. The van der Waals surface area contributed by atoms with E-state index in [9.17, 15) is 0 Å². The normalized spacial score (nSPS) is 41.7. The Morgan fingerprint density at radius 3 is 2.00 bits per heavy atom. The average molecular weight is 139 g/mol. The van der Waals surface area contributed by atoms with Gasteiger partial charge in [-0.2, -0.15) is 0 Å².